The molecule has 1 aliphatic heterocycles. The summed E-state index contributed by atoms with van der Waals surface area (Å²) in [4.78, 5) is 17.0. The van der Waals surface area contributed by atoms with Crippen LogP contribution in [0.4, 0.5) is 0 Å². The fourth-order valence-electron chi connectivity index (χ4n) is 2.99. The molecule has 130 valence electrons. The summed E-state index contributed by atoms with van der Waals surface area (Å²) in [6.45, 7) is 3.45. The van der Waals surface area contributed by atoms with Gasteiger partial charge in [0.15, 0.2) is 0 Å². The fourth-order valence-corrected chi connectivity index (χ4v) is 3.25. The molecule has 0 fully saturated rings. The molecule has 0 amide bonds. The predicted molar refractivity (Wildman–Crippen MR) is 103 cm³/mol. The summed E-state index contributed by atoms with van der Waals surface area (Å²) >= 11 is 3.46. The number of carbonyl (C=O) groups excluding carboxylic acids is 1. The molecule has 3 aromatic rings. The minimum absolute atomic E-state index is 0.337. The molecule has 0 atom stereocenters. The van der Waals surface area contributed by atoms with Crippen LogP contribution in [-0.4, -0.2) is 16.7 Å². The molecule has 0 unspecified atom stereocenters. The van der Waals surface area contributed by atoms with Crippen molar-refractivity contribution in [1.82, 2.24) is 4.98 Å². The normalized spacial score (nSPS) is 15.0. The number of nitrogens with zero attached hydrogens (tertiary/aromatic N) is 1. The highest BCUT2D eigenvalue weighted by atomic mass is 79.9. The Balaban J connectivity index is 2.02. The van der Waals surface area contributed by atoms with Gasteiger partial charge in [-0.15, -0.1) is 0 Å². The summed E-state index contributed by atoms with van der Waals surface area (Å²) < 4.78 is 12.4. The van der Waals surface area contributed by atoms with Crippen LogP contribution in [-0.2, 0) is 4.74 Å². The first-order chi connectivity index (χ1) is 12.4. The van der Waals surface area contributed by atoms with Crippen molar-refractivity contribution in [2.24, 2.45) is 0 Å². The molecule has 0 bridgehead atoms. The number of halogens is 1. The number of benzene rings is 2. The van der Waals surface area contributed by atoms with Crippen molar-refractivity contribution in [3.8, 4) is 28.1 Å². The van der Waals surface area contributed by atoms with E-state index in [1.165, 1.54) is 6.20 Å². The monoisotopic (exact) mass is 409 g/mol. The zero-order chi connectivity index (χ0) is 18.3. The molecule has 2 aromatic carbocycles. The summed E-state index contributed by atoms with van der Waals surface area (Å²) in [6, 6.07) is 17.7. The van der Waals surface area contributed by atoms with Crippen LogP contribution in [0.25, 0.3) is 22.4 Å². The zero-order valence-electron chi connectivity index (χ0n) is 14.3. The highest BCUT2D eigenvalue weighted by molar-refractivity contribution is 9.10. The molecule has 5 heteroatoms. The number of rotatable bonds is 2. The van der Waals surface area contributed by atoms with Gasteiger partial charge in [0.25, 0.3) is 0 Å². The molecule has 1 aromatic heterocycles. The number of carbonyl (C=O) groups is 1. The number of aromatic nitrogens is 1. The molecule has 0 N–H and O–H groups in total. The van der Waals surface area contributed by atoms with Gasteiger partial charge in [-0.1, -0.05) is 58.4 Å². The molecular formula is C21H16BrNO3. The molecule has 26 heavy (non-hydrogen) atoms. The second kappa shape index (κ2) is 6.25. The molecule has 4 nitrogen and oxygen atoms in total. The van der Waals surface area contributed by atoms with Gasteiger partial charge in [-0.3, -0.25) is 4.98 Å². The number of esters is 1. The topological polar surface area (TPSA) is 48.4 Å². The summed E-state index contributed by atoms with van der Waals surface area (Å²) in [5, 5.41) is 0. The maximum Gasteiger partial charge on any atom is 0.346 e. The summed E-state index contributed by atoms with van der Waals surface area (Å²) in [5.74, 6) is -0.958. The van der Waals surface area contributed by atoms with E-state index in [1.807, 2.05) is 54.6 Å². The van der Waals surface area contributed by atoms with E-state index in [2.05, 4.69) is 20.9 Å². The molecule has 0 spiro atoms. The fraction of sp³-hybridized carbons (Fsp3) is 0.143. The Bertz CT molecular complexity index is 982. The van der Waals surface area contributed by atoms with Gasteiger partial charge in [0.1, 0.15) is 11.3 Å². The van der Waals surface area contributed by atoms with Crippen molar-refractivity contribution < 1.29 is 14.3 Å². The average molecular weight is 410 g/mol. The number of cyclic esters (lactones) is 1. The lowest BCUT2D eigenvalue weighted by Gasteiger charge is -2.33. The van der Waals surface area contributed by atoms with Crippen LogP contribution in [0.15, 0.2) is 65.3 Å². The smallest absolute Gasteiger partial charge is 0.346 e. The van der Waals surface area contributed by atoms with Crippen molar-refractivity contribution in [3.63, 3.8) is 0 Å². The summed E-state index contributed by atoms with van der Waals surface area (Å²) in [6.07, 6.45) is 1.52. The standard InChI is InChI=1S/C21H16BrNO3/c1-21(2)25-19-16(20(24)26-21)12-23-18(14-8-10-15(22)11-9-14)17(19)13-6-4-3-5-7-13/h3-12H,1-2H3. The van der Waals surface area contributed by atoms with Crippen molar-refractivity contribution in [3.05, 3.63) is 70.8 Å². The molecule has 0 radical (unpaired) electrons. The number of pyridine rings is 1. The van der Waals surface area contributed by atoms with E-state index in [0.717, 1.165) is 26.9 Å². The maximum absolute atomic E-state index is 12.4. The largest absolute Gasteiger partial charge is 0.451 e. The van der Waals surface area contributed by atoms with Crippen LogP contribution < -0.4 is 4.74 Å². The van der Waals surface area contributed by atoms with Crippen LogP contribution in [0.1, 0.15) is 24.2 Å². The maximum atomic E-state index is 12.4. The van der Waals surface area contributed by atoms with E-state index in [-0.39, 0.29) is 0 Å². The minimum atomic E-state index is -1.04. The lowest BCUT2D eigenvalue weighted by Crippen LogP contribution is -2.39. The first-order valence-electron chi connectivity index (χ1n) is 8.21. The lowest BCUT2D eigenvalue weighted by molar-refractivity contribution is -0.127. The first kappa shape index (κ1) is 16.8. The van der Waals surface area contributed by atoms with Gasteiger partial charge in [-0.05, 0) is 17.7 Å². The summed E-state index contributed by atoms with van der Waals surface area (Å²) in [7, 11) is 0. The van der Waals surface area contributed by atoms with Crippen LogP contribution in [0, 0.1) is 0 Å². The molecule has 4 rings (SSSR count). The van der Waals surface area contributed by atoms with E-state index in [9.17, 15) is 4.79 Å². The molecule has 1 aliphatic rings. The lowest BCUT2D eigenvalue weighted by atomic mass is 9.96. The van der Waals surface area contributed by atoms with Gasteiger partial charge in [0, 0.05) is 30.1 Å². The van der Waals surface area contributed by atoms with Gasteiger partial charge < -0.3 is 9.47 Å². The average Bonchev–Trinajstić information content (AvgIpc) is 2.61. The van der Waals surface area contributed by atoms with Crippen molar-refractivity contribution in [1.29, 1.82) is 0 Å². The Morgan fingerprint density at radius 3 is 2.31 bits per heavy atom. The third-order valence-electron chi connectivity index (χ3n) is 4.12. The Labute approximate surface area is 159 Å². The van der Waals surface area contributed by atoms with Gasteiger partial charge in [0.2, 0.25) is 5.79 Å². The Morgan fingerprint density at radius 1 is 0.923 bits per heavy atom. The molecule has 2 heterocycles. The number of ether oxygens (including phenoxy) is 2. The van der Waals surface area contributed by atoms with E-state index >= 15 is 0 Å². The highest BCUT2D eigenvalue weighted by Crippen LogP contribution is 2.44. The SMILES string of the molecule is CC1(C)OC(=O)c2cnc(-c3ccc(Br)cc3)c(-c3ccccc3)c2O1. The van der Waals surface area contributed by atoms with Crippen LogP contribution in [0.5, 0.6) is 5.75 Å². The second-order valence-electron chi connectivity index (χ2n) is 6.49. The molecular weight excluding hydrogens is 394 g/mol. The van der Waals surface area contributed by atoms with Crippen LogP contribution in [0.2, 0.25) is 0 Å². The quantitative estimate of drug-likeness (QED) is 0.527. The van der Waals surface area contributed by atoms with E-state index in [4.69, 9.17) is 9.47 Å². The van der Waals surface area contributed by atoms with E-state index in [1.54, 1.807) is 13.8 Å². The number of hydrogen-bond donors (Lipinski definition) is 0. The second-order valence-corrected chi connectivity index (χ2v) is 7.40. The van der Waals surface area contributed by atoms with Crippen LogP contribution >= 0.6 is 15.9 Å². The minimum Gasteiger partial charge on any atom is -0.451 e. The van der Waals surface area contributed by atoms with Crippen molar-refractivity contribution in [2.45, 2.75) is 19.6 Å². The van der Waals surface area contributed by atoms with E-state index < -0.39 is 11.8 Å². The Morgan fingerprint density at radius 2 is 1.62 bits per heavy atom. The van der Waals surface area contributed by atoms with Crippen molar-refractivity contribution in [2.75, 3.05) is 0 Å². The Hall–Kier alpha value is -2.66. The third kappa shape index (κ3) is 2.99. The molecule has 0 saturated carbocycles. The van der Waals surface area contributed by atoms with Crippen LogP contribution in [0.3, 0.4) is 0 Å². The van der Waals surface area contributed by atoms with Gasteiger partial charge >= 0.3 is 5.97 Å². The highest BCUT2D eigenvalue weighted by Gasteiger charge is 2.37. The zero-order valence-corrected chi connectivity index (χ0v) is 15.9. The van der Waals surface area contributed by atoms with Gasteiger partial charge in [-0.2, -0.15) is 0 Å². The molecule has 0 aliphatic carbocycles. The van der Waals surface area contributed by atoms with E-state index in [0.29, 0.717) is 11.3 Å². The number of hydrogen-bond acceptors (Lipinski definition) is 4. The summed E-state index contributed by atoms with van der Waals surface area (Å²) in [5.41, 5.74) is 3.75. The first-order valence-corrected chi connectivity index (χ1v) is 9.01. The third-order valence-corrected chi connectivity index (χ3v) is 4.65. The predicted octanol–water partition coefficient (Wildman–Crippen LogP) is 5.46. The Kier molecular flexibility index (Phi) is 4.04. The number of fused-ring (bicyclic) bond motifs is 1. The van der Waals surface area contributed by atoms with Gasteiger partial charge in [0.05, 0.1) is 11.3 Å². The van der Waals surface area contributed by atoms with Crippen molar-refractivity contribution >= 4 is 21.9 Å². The van der Waals surface area contributed by atoms with Gasteiger partial charge in [-0.25, -0.2) is 4.79 Å². The molecule has 0 saturated heterocycles.